The molecule has 4 rings (SSSR count). The third-order valence-corrected chi connectivity index (χ3v) is 6.98. The van der Waals surface area contributed by atoms with Gasteiger partial charge in [-0.25, -0.2) is 32.5 Å². The molecule has 0 aliphatic heterocycles. The maximum atomic E-state index is 15.2. The van der Waals surface area contributed by atoms with Crippen molar-refractivity contribution in [1.82, 2.24) is 19.5 Å². The van der Waals surface area contributed by atoms with Crippen LogP contribution in [0.2, 0.25) is 0 Å². The van der Waals surface area contributed by atoms with Gasteiger partial charge in [0.1, 0.15) is 11.6 Å². The molecule has 1 N–H and O–H groups in total. The molecule has 0 radical (unpaired) electrons. The molecule has 0 spiro atoms. The van der Waals surface area contributed by atoms with Crippen LogP contribution in [0.4, 0.5) is 10.3 Å². The summed E-state index contributed by atoms with van der Waals surface area (Å²) in [5.41, 5.74) is 2.38. The van der Waals surface area contributed by atoms with Gasteiger partial charge in [-0.15, -0.1) is 0 Å². The van der Waals surface area contributed by atoms with Gasteiger partial charge >= 0.3 is 0 Å². The van der Waals surface area contributed by atoms with E-state index in [2.05, 4.69) is 33.5 Å². The largest absolute Gasteiger partial charge is 0.330 e. The second-order valence-corrected chi connectivity index (χ2v) is 10.4. The van der Waals surface area contributed by atoms with Crippen molar-refractivity contribution in [3.05, 3.63) is 90.0 Å². The first-order valence-corrected chi connectivity index (χ1v) is 13.0. The highest BCUT2D eigenvalue weighted by Crippen LogP contribution is 2.31. The van der Waals surface area contributed by atoms with Gasteiger partial charge in [0, 0.05) is 42.3 Å². The Bertz CT molecular complexity index is 1420. The number of rotatable bonds is 9. The van der Waals surface area contributed by atoms with Crippen LogP contribution in [0.15, 0.2) is 72.1 Å². The number of benzene rings is 2. The third-order valence-electron chi connectivity index (χ3n) is 5.59. The van der Waals surface area contributed by atoms with Crippen LogP contribution in [0.1, 0.15) is 37.7 Å². The second kappa shape index (κ2) is 10.4. The average Bonchev–Trinajstić information content (AvgIpc) is 3.27. The molecule has 0 bridgehead atoms. The van der Waals surface area contributed by atoms with E-state index in [4.69, 9.17) is 0 Å². The van der Waals surface area contributed by atoms with Gasteiger partial charge < -0.3 is 4.57 Å². The lowest BCUT2D eigenvalue weighted by atomic mass is 9.97. The molecule has 0 saturated heterocycles. The van der Waals surface area contributed by atoms with Crippen LogP contribution in [-0.4, -0.2) is 27.9 Å². The zero-order chi connectivity index (χ0) is 25.0. The summed E-state index contributed by atoms with van der Waals surface area (Å²) in [6.07, 6.45) is 7.94. The van der Waals surface area contributed by atoms with E-state index in [1.54, 1.807) is 36.5 Å². The fourth-order valence-corrected chi connectivity index (χ4v) is 5.16. The highest BCUT2D eigenvalue weighted by atomic mass is 32.2. The predicted molar refractivity (Wildman–Crippen MR) is 134 cm³/mol. The molecule has 2 heterocycles. The van der Waals surface area contributed by atoms with Gasteiger partial charge in [-0.1, -0.05) is 39.0 Å². The van der Waals surface area contributed by atoms with E-state index in [0.717, 1.165) is 24.2 Å². The zero-order valence-corrected chi connectivity index (χ0v) is 20.8. The van der Waals surface area contributed by atoms with Gasteiger partial charge in [0.05, 0.1) is 11.4 Å². The molecule has 2 aromatic carbocycles. The smallest absolute Gasteiger partial charge is 0.264 e. The fraction of sp³-hybridized carbons (Fsp3) is 0.269. The summed E-state index contributed by atoms with van der Waals surface area (Å²) in [6, 6.07) is 11.6. The minimum Gasteiger partial charge on any atom is -0.330 e. The van der Waals surface area contributed by atoms with Crippen molar-refractivity contribution in [2.75, 3.05) is 4.72 Å². The molecule has 7 nitrogen and oxygen atoms in total. The van der Waals surface area contributed by atoms with Gasteiger partial charge in [-0.3, -0.25) is 0 Å². The topological polar surface area (TPSA) is 89.8 Å². The third kappa shape index (κ3) is 5.74. The van der Waals surface area contributed by atoms with Gasteiger partial charge in [0.2, 0.25) is 5.95 Å². The van der Waals surface area contributed by atoms with Crippen LogP contribution in [0.5, 0.6) is 0 Å². The summed E-state index contributed by atoms with van der Waals surface area (Å²) in [6.45, 7) is 6.53. The number of imidazole rings is 1. The van der Waals surface area contributed by atoms with Crippen molar-refractivity contribution in [1.29, 1.82) is 0 Å². The Hall–Kier alpha value is -3.59. The lowest BCUT2D eigenvalue weighted by molar-refractivity contribution is 0.594. The molecule has 4 aromatic rings. The van der Waals surface area contributed by atoms with Crippen LogP contribution in [0.3, 0.4) is 0 Å². The van der Waals surface area contributed by atoms with Crippen molar-refractivity contribution in [3.63, 3.8) is 0 Å². The number of halogens is 1. The summed E-state index contributed by atoms with van der Waals surface area (Å²) in [4.78, 5) is 12.2. The van der Waals surface area contributed by atoms with Crippen molar-refractivity contribution < 1.29 is 12.8 Å². The summed E-state index contributed by atoms with van der Waals surface area (Å²) in [5, 5.41) is 0. The standard InChI is InChI=1S/C26H28FN5O2S/c1-4-25-28-12-13-32(25)17-21-8-7-20(16-23(21)27)22-15-19(14-18(2)3)6-9-24(22)35(33,34)31-26-29-10-5-11-30-26/h5-13,15-16,18H,4,14,17H2,1-3H3,(H,29,30,31). The molecule has 2 aromatic heterocycles. The second-order valence-electron chi connectivity index (χ2n) is 8.74. The summed E-state index contributed by atoms with van der Waals surface area (Å²) in [7, 11) is -4.02. The van der Waals surface area contributed by atoms with Crippen molar-refractivity contribution >= 4 is 16.0 Å². The number of aromatic nitrogens is 4. The molecular formula is C26H28FN5O2S. The quantitative estimate of drug-likeness (QED) is 0.351. The Morgan fingerprint density at radius 3 is 2.49 bits per heavy atom. The minimum atomic E-state index is -4.02. The van der Waals surface area contributed by atoms with Crippen LogP contribution >= 0.6 is 0 Å². The van der Waals surface area contributed by atoms with E-state index >= 15 is 4.39 Å². The maximum Gasteiger partial charge on any atom is 0.264 e. The predicted octanol–water partition coefficient (Wildman–Crippen LogP) is 5.09. The molecule has 0 unspecified atom stereocenters. The van der Waals surface area contributed by atoms with Gasteiger partial charge in [0.15, 0.2) is 0 Å². The molecule has 0 amide bonds. The van der Waals surface area contributed by atoms with E-state index in [1.165, 1.54) is 18.5 Å². The van der Waals surface area contributed by atoms with E-state index in [0.29, 0.717) is 29.2 Å². The molecule has 0 aliphatic carbocycles. The number of nitrogens with one attached hydrogen (secondary N) is 1. The lowest BCUT2D eigenvalue weighted by Gasteiger charge is -2.15. The van der Waals surface area contributed by atoms with E-state index in [-0.39, 0.29) is 10.8 Å². The first-order chi connectivity index (χ1) is 16.8. The monoisotopic (exact) mass is 493 g/mol. The SMILES string of the molecule is CCc1nccn1Cc1ccc(-c2cc(CC(C)C)ccc2S(=O)(=O)Nc2ncccn2)cc1F. The van der Waals surface area contributed by atoms with Crippen LogP contribution in [-0.2, 0) is 29.4 Å². The van der Waals surface area contributed by atoms with Crippen LogP contribution in [0, 0.1) is 11.7 Å². The Morgan fingerprint density at radius 2 is 1.80 bits per heavy atom. The van der Waals surface area contributed by atoms with Gasteiger partial charge in [-0.05, 0) is 47.7 Å². The molecule has 0 saturated carbocycles. The summed E-state index contributed by atoms with van der Waals surface area (Å²) >= 11 is 0. The van der Waals surface area contributed by atoms with Gasteiger partial charge in [-0.2, -0.15) is 0 Å². The van der Waals surface area contributed by atoms with E-state index in [1.807, 2.05) is 23.8 Å². The maximum absolute atomic E-state index is 15.2. The summed E-state index contributed by atoms with van der Waals surface area (Å²) in [5.74, 6) is 0.814. The van der Waals surface area contributed by atoms with Gasteiger partial charge in [0.25, 0.3) is 10.0 Å². The molecule has 182 valence electrons. The van der Waals surface area contributed by atoms with Crippen molar-refractivity contribution in [3.8, 4) is 11.1 Å². The molecule has 0 aliphatic rings. The van der Waals surface area contributed by atoms with Crippen LogP contribution < -0.4 is 4.72 Å². The Labute approximate surface area is 205 Å². The lowest BCUT2D eigenvalue weighted by Crippen LogP contribution is -2.16. The van der Waals surface area contributed by atoms with Crippen molar-refractivity contribution in [2.45, 2.75) is 45.1 Å². The number of aryl methyl sites for hydroxylation is 1. The normalized spacial score (nSPS) is 11.7. The first-order valence-electron chi connectivity index (χ1n) is 11.5. The molecule has 0 fully saturated rings. The van der Waals surface area contributed by atoms with E-state index < -0.39 is 15.8 Å². The number of anilines is 1. The molecule has 0 atom stereocenters. The first kappa shape index (κ1) is 24.5. The Balaban J connectivity index is 1.74. The molecular weight excluding hydrogens is 465 g/mol. The Kier molecular flexibility index (Phi) is 7.25. The fourth-order valence-electron chi connectivity index (χ4n) is 3.99. The number of nitrogens with zero attached hydrogens (tertiary/aromatic N) is 4. The highest BCUT2D eigenvalue weighted by Gasteiger charge is 2.22. The Morgan fingerprint density at radius 1 is 1.03 bits per heavy atom. The number of hydrogen-bond acceptors (Lipinski definition) is 5. The summed E-state index contributed by atoms with van der Waals surface area (Å²) < 4.78 is 46.1. The number of sulfonamides is 1. The van der Waals surface area contributed by atoms with E-state index in [9.17, 15) is 8.42 Å². The zero-order valence-electron chi connectivity index (χ0n) is 19.9. The van der Waals surface area contributed by atoms with Crippen molar-refractivity contribution in [2.24, 2.45) is 5.92 Å². The number of hydrogen-bond donors (Lipinski definition) is 1. The van der Waals surface area contributed by atoms with Crippen LogP contribution in [0.25, 0.3) is 11.1 Å². The average molecular weight is 494 g/mol. The highest BCUT2D eigenvalue weighted by molar-refractivity contribution is 7.92. The molecule has 9 heteroatoms. The molecule has 35 heavy (non-hydrogen) atoms. The minimum absolute atomic E-state index is 0.0294.